The van der Waals surface area contributed by atoms with Crippen molar-refractivity contribution in [1.82, 2.24) is 15.3 Å². The third-order valence-corrected chi connectivity index (χ3v) is 4.40. The first-order valence-electron chi connectivity index (χ1n) is 7.97. The number of halogens is 2. The smallest absolute Gasteiger partial charge is 0.220 e. The number of para-hydroxylation sites is 1. The fourth-order valence-corrected chi connectivity index (χ4v) is 2.44. The number of rotatable bonds is 7. The third kappa shape index (κ3) is 5.65. The second-order valence-electron chi connectivity index (χ2n) is 6.00. The van der Waals surface area contributed by atoms with Gasteiger partial charge >= 0.3 is 0 Å². The van der Waals surface area contributed by atoms with Crippen molar-refractivity contribution >= 4 is 41.8 Å². The zero-order valence-electron chi connectivity index (χ0n) is 14.5. The molecule has 1 heterocycles. The number of aromatic nitrogens is 2. The summed E-state index contributed by atoms with van der Waals surface area (Å²) in [5.74, 6) is 0.873. The number of amides is 1. The highest BCUT2D eigenvalue weighted by Crippen LogP contribution is 2.16. The summed E-state index contributed by atoms with van der Waals surface area (Å²) < 4.78 is 0. The maximum Gasteiger partial charge on any atom is 0.220 e. The standard InChI is InChI=1S/C17H26N4O.2ClH/c1-4-17(18,5-2)11-19-15(22)10-9-14-20-13-8-6-7-12(3)16(13)21-14;;/h6-8H,4-5,9-11,18H2,1-3H3,(H,19,22)(H,20,21);2*1H. The number of aromatic amines is 1. The number of nitrogens with zero attached hydrogens (tertiary/aromatic N) is 1. The molecule has 0 saturated heterocycles. The van der Waals surface area contributed by atoms with Crippen LogP contribution in [0.3, 0.4) is 0 Å². The van der Waals surface area contributed by atoms with E-state index in [-0.39, 0.29) is 36.3 Å². The number of hydrogen-bond donors (Lipinski definition) is 3. The van der Waals surface area contributed by atoms with E-state index in [1.165, 1.54) is 0 Å². The Balaban J connectivity index is 0.00000264. The number of nitrogens with two attached hydrogens (primary N) is 1. The van der Waals surface area contributed by atoms with Crippen molar-refractivity contribution < 1.29 is 4.79 Å². The fraction of sp³-hybridized carbons (Fsp3) is 0.529. The van der Waals surface area contributed by atoms with E-state index in [0.29, 0.717) is 19.4 Å². The maximum atomic E-state index is 12.0. The first-order valence-corrected chi connectivity index (χ1v) is 7.97. The van der Waals surface area contributed by atoms with E-state index >= 15 is 0 Å². The Bertz CT molecular complexity index is 653. The second kappa shape index (κ2) is 9.87. The van der Waals surface area contributed by atoms with E-state index in [0.717, 1.165) is 35.3 Å². The highest BCUT2D eigenvalue weighted by Gasteiger charge is 2.20. The van der Waals surface area contributed by atoms with E-state index in [4.69, 9.17) is 5.73 Å². The molecule has 0 aliphatic heterocycles. The summed E-state index contributed by atoms with van der Waals surface area (Å²) in [6.45, 7) is 6.66. The summed E-state index contributed by atoms with van der Waals surface area (Å²) in [4.78, 5) is 19.8. The van der Waals surface area contributed by atoms with Crippen LogP contribution in [0.2, 0.25) is 0 Å². The van der Waals surface area contributed by atoms with Gasteiger partial charge in [0.15, 0.2) is 0 Å². The average molecular weight is 375 g/mol. The molecule has 0 atom stereocenters. The minimum absolute atomic E-state index is 0. The predicted molar refractivity (Wildman–Crippen MR) is 104 cm³/mol. The molecule has 0 fully saturated rings. The molecule has 1 aromatic carbocycles. The molecule has 0 radical (unpaired) electrons. The molecule has 0 spiro atoms. The Hall–Kier alpha value is -1.30. The summed E-state index contributed by atoms with van der Waals surface area (Å²) in [7, 11) is 0. The van der Waals surface area contributed by atoms with E-state index < -0.39 is 0 Å². The Morgan fingerprint density at radius 3 is 2.54 bits per heavy atom. The van der Waals surface area contributed by atoms with Crippen molar-refractivity contribution in [2.75, 3.05) is 6.54 Å². The Labute approximate surface area is 156 Å². The Morgan fingerprint density at radius 1 is 1.29 bits per heavy atom. The molecule has 0 bridgehead atoms. The molecule has 24 heavy (non-hydrogen) atoms. The molecule has 1 amide bonds. The lowest BCUT2D eigenvalue weighted by Gasteiger charge is -2.26. The van der Waals surface area contributed by atoms with Gasteiger partial charge in [0, 0.05) is 24.9 Å². The Kier molecular flexibility index (Phi) is 9.33. The molecule has 0 aliphatic carbocycles. The molecule has 2 aromatic rings. The van der Waals surface area contributed by atoms with Gasteiger partial charge in [0.1, 0.15) is 5.82 Å². The first kappa shape index (κ1) is 22.7. The Morgan fingerprint density at radius 2 is 1.96 bits per heavy atom. The van der Waals surface area contributed by atoms with Gasteiger partial charge in [-0.05, 0) is 31.4 Å². The van der Waals surface area contributed by atoms with Gasteiger partial charge in [-0.25, -0.2) is 4.98 Å². The van der Waals surface area contributed by atoms with Crippen LogP contribution < -0.4 is 11.1 Å². The van der Waals surface area contributed by atoms with Gasteiger partial charge in [-0.1, -0.05) is 26.0 Å². The molecule has 5 nitrogen and oxygen atoms in total. The molecule has 136 valence electrons. The lowest BCUT2D eigenvalue weighted by atomic mass is 9.94. The molecular formula is C17H28Cl2N4O. The van der Waals surface area contributed by atoms with Gasteiger partial charge in [-0.15, -0.1) is 24.8 Å². The van der Waals surface area contributed by atoms with Gasteiger partial charge in [-0.3, -0.25) is 4.79 Å². The van der Waals surface area contributed by atoms with Crippen LogP contribution in [0.5, 0.6) is 0 Å². The summed E-state index contributed by atoms with van der Waals surface area (Å²) in [5.41, 5.74) is 9.03. The van der Waals surface area contributed by atoms with Crippen LogP contribution in [0.1, 0.15) is 44.5 Å². The van der Waals surface area contributed by atoms with E-state index in [1.807, 2.05) is 39.0 Å². The number of hydrogen-bond acceptors (Lipinski definition) is 3. The predicted octanol–water partition coefficient (Wildman–Crippen LogP) is 3.28. The molecule has 2 rings (SSSR count). The highest BCUT2D eigenvalue weighted by atomic mass is 35.5. The van der Waals surface area contributed by atoms with Crippen LogP contribution in [0, 0.1) is 6.92 Å². The van der Waals surface area contributed by atoms with Crippen LogP contribution in [-0.4, -0.2) is 28.0 Å². The van der Waals surface area contributed by atoms with E-state index in [1.54, 1.807) is 0 Å². The van der Waals surface area contributed by atoms with E-state index in [2.05, 4.69) is 15.3 Å². The van der Waals surface area contributed by atoms with Gasteiger partial charge in [0.05, 0.1) is 11.0 Å². The SMILES string of the molecule is CCC(N)(CC)CNC(=O)CCc1nc2c(C)cccc2[nH]1.Cl.Cl. The number of imidazole rings is 1. The lowest BCUT2D eigenvalue weighted by Crippen LogP contribution is -2.49. The summed E-state index contributed by atoms with van der Waals surface area (Å²) in [6, 6.07) is 6.04. The third-order valence-electron chi connectivity index (χ3n) is 4.40. The molecule has 4 N–H and O–H groups in total. The summed E-state index contributed by atoms with van der Waals surface area (Å²) >= 11 is 0. The number of benzene rings is 1. The molecule has 1 aromatic heterocycles. The van der Waals surface area contributed by atoms with Crippen molar-refractivity contribution in [3.05, 3.63) is 29.6 Å². The zero-order valence-corrected chi connectivity index (χ0v) is 16.1. The van der Waals surface area contributed by atoms with Crippen LogP contribution >= 0.6 is 24.8 Å². The minimum atomic E-state index is -0.299. The minimum Gasteiger partial charge on any atom is -0.354 e. The number of carbonyl (C=O) groups is 1. The van der Waals surface area contributed by atoms with Crippen molar-refractivity contribution in [3.8, 4) is 0 Å². The first-order chi connectivity index (χ1) is 10.5. The molecule has 7 heteroatoms. The van der Waals surface area contributed by atoms with E-state index in [9.17, 15) is 4.79 Å². The second-order valence-corrected chi connectivity index (χ2v) is 6.00. The molecular weight excluding hydrogens is 347 g/mol. The number of H-pyrrole nitrogens is 1. The van der Waals surface area contributed by atoms with Gasteiger partial charge in [0.25, 0.3) is 0 Å². The number of fused-ring (bicyclic) bond motifs is 1. The molecule has 0 saturated carbocycles. The van der Waals surface area contributed by atoms with Gasteiger partial charge < -0.3 is 16.0 Å². The average Bonchev–Trinajstić information content (AvgIpc) is 2.95. The van der Waals surface area contributed by atoms with Crippen LogP contribution in [0.4, 0.5) is 0 Å². The van der Waals surface area contributed by atoms with Crippen molar-refractivity contribution in [1.29, 1.82) is 0 Å². The van der Waals surface area contributed by atoms with Gasteiger partial charge in [0.2, 0.25) is 5.91 Å². The largest absolute Gasteiger partial charge is 0.354 e. The van der Waals surface area contributed by atoms with Crippen LogP contribution in [0.25, 0.3) is 11.0 Å². The van der Waals surface area contributed by atoms with Crippen LogP contribution in [-0.2, 0) is 11.2 Å². The fourth-order valence-electron chi connectivity index (χ4n) is 2.44. The molecule has 0 unspecified atom stereocenters. The number of aryl methyl sites for hydroxylation is 2. The van der Waals surface area contributed by atoms with Crippen molar-refractivity contribution in [2.24, 2.45) is 5.73 Å². The normalized spacial score (nSPS) is 10.8. The van der Waals surface area contributed by atoms with Gasteiger partial charge in [-0.2, -0.15) is 0 Å². The lowest BCUT2D eigenvalue weighted by molar-refractivity contribution is -0.121. The zero-order chi connectivity index (χ0) is 16.2. The topological polar surface area (TPSA) is 83.8 Å². The molecule has 0 aliphatic rings. The highest BCUT2D eigenvalue weighted by molar-refractivity contribution is 5.85. The van der Waals surface area contributed by atoms with Crippen LogP contribution in [0.15, 0.2) is 18.2 Å². The van der Waals surface area contributed by atoms with Crippen molar-refractivity contribution in [3.63, 3.8) is 0 Å². The van der Waals surface area contributed by atoms with Crippen molar-refractivity contribution in [2.45, 2.75) is 52.0 Å². The quantitative estimate of drug-likeness (QED) is 0.694. The number of carbonyl (C=O) groups excluding carboxylic acids is 1. The maximum absolute atomic E-state index is 12.0. The number of nitrogens with one attached hydrogen (secondary N) is 2. The monoisotopic (exact) mass is 374 g/mol. The summed E-state index contributed by atoms with van der Waals surface area (Å²) in [5, 5.41) is 2.93. The summed E-state index contributed by atoms with van der Waals surface area (Å²) in [6.07, 6.45) is 2.73.